The Hall–Kier alpha value is -2.91. The lowest BCUT2D eigenvalue weighted by Crippen LogP contribution is -2.43. The molecule has 1 N–H and O–H groups in total. The quantitative estimate of drug-likeness (QED) is 0.571. The van der Waals surface area contributed by atoms with Crippen molar-refractivity contribution in [2.24, 2.45) is 5.92 Å². The summed E-state index contributed by atoms with van der Waals surface area (Å²) in [6.45, 7) is 6.47. The van der Waals surface area contributed by atoms with Crippen molar-refractivity contribution >= 4 is 34.4 Å². The number of fused-ring (bicyclic) bond motifs is 1. The predicted molar refractivity (Wildman–Crippen MR) is 120 cm³/mol. The maximum atomic E-state index is 13.2. The Morgan fingerprint density at radius 2 is 2.00 bits per heavy atom. The minimum absolute atomic E-state index is 0.138. The number of rotatable bonds is 8. The van der Waals surface area contributed by atoms with Crippen LogP contribution in [0, 0.1) is 12.8 Å². The average molecular weight is 448 g/mol. The van der Waals surface area contributed by atoms with Gasteiger partial charge in [-0.3, -0.25) is 14.2 Å². The lowest BCUT2D eigenvalue weighted by atomic mass is 10.2. The third-order valence-corrected chi connectivity index (χ3v) is 5.08. The van der Waals surface area contributed by atoms with Gasteiger partial charge in [0.15, 0.2) is 11.2 Å². The second kappa shape index (κ2) is 9.49. The smallest absolute Gasteiger partial charge is 0.333 e. The first-order chi connectivity index (χ1) is 14.7. The summed E-state index contributed by atoms with van der Waals surface area (Å²) in [7, 11) is 1.56. The van der Waals surface area contributed by atoms with Crippen LogP contribution < -0.4 is 16.6 Å². The van der Waals surface area contributed by atoms with Crippen LogP contribution in [-0.4, -0.2) is 38.3 Å². The summed E-state index contributed by atoms with van der Waals surface area (Å²) in [5.74, 6) is -0.359. The van der Waals surface area contributed by atoms with Gasteiger partial charge in [-0.2, -0.15) is 0 Å². The summed E-state index contributed by atoms with van der Waals surface area (Å²) in [6.07, 6.45) is 1.51. The van der Waals surface area contributed by atoms with Crippen molar-refractivity contribution in [2.45, 2.75) is 40.4 Å². The molecule has 0 saturated carbocycles. The van der Waals surface area contributed by atoms with Gasteiger partial charge >= 0.3 is 5.69 Å². The Kier molecular flexibility index (Phi) is 6.97. The number of hydrogen-bond donors (Lipinski definition) is 1. The van der Waals surface area contributed by atoms with Crippen molar-refractivity contribution in [3.8, 4) is 0 Å². The summed E-state index contributed by atoms with van der Waals surface area (Å²) in [5, 5.41) is 3.20. The Morgan fingerprint density at radius 3 is 2.68 bits per heavy atom. The number of aromatic nitrogens is 4. The van der Waals surface area contributed by atoms with Crippen molar-refractivity contribution in [2.75, 3.05) is 19.0 Å². The molecule has 2 heterocycles. The molecule has 166 valence electrons. The highest BCUT2D eigenvalue weighted by molar-refractivity contribution is 6.31. The molecular formula is C21H26ClN5O4. The fraction of sp³-hybridized carbons (Fsp3) is 0.429. The predicted octanol–water partition coefficient (Wildman–Crippen LogP) is 2.26. The largest absolute Gasteiger partial charge is 0.383 e. The van der Waals surface area contributed by atoms with Gasteiger partial charge in [0.05, 0.1) is 12.9 Å². The van der Waals surface area contributed by atoms with Gasteiger partial charge in [0, 0.05) is 30.9 Å². The number of ether oxygens (including phenoxy) is 1. The van der Waals surface area contributed by atoms with E-state index in [0.29, 0.717) is 36.1 Å². The number of nitrogens with zero attached hydrogens (tertiary/aromatic N) is 4. The number of anilines is 1. The normalized spacial score (nSPS) is 11.4. The maximum absolute atomic E-state index is 13.2. The highest BCUT2D eigenvalue weighted by Crippen LogP contribution is 2.20. The number of carbonyl (C=O) groups is 1. The Bertz CT molecular complexity index is 1220. The minimum Gasteiger partial charge on any atom is -0.383 e. The lowest BCUT2D eigenvalue weighted by molar-refractivity contribution is -0.116. The highest BCUT2D eigenvalue weighted by atomic mass is 35.5. The van der Waals surface area contributed by atoms with E-state index in [-0.39, 0.29) is 11.4 Å². The third-order valence-electron chi connectivity index (χ3n) is 4.84. The second-order valence-corrected chi connectivity index (χ2v) is 8.23. The molecule has 0 spiro atoms. The molecule has 0 bridgehead atoms. The van der Waals surface area contributed by atoms with Gasteiger partial charge in [-0.05, 0) is 30.5 Å². The molecule has 0 radical (unpaired) electrons. The number of imidazole rings is 1. The molecule has 0 fully saturated rings. The van der Waals surface area contributed by atoms with Crippen molar-refractivity contribution in [3.05, 3.63) is 56.0 Å². The van der Waals surface area contributed by atoms with Gasteiger partial charge in [0.1, 0.15) is 6.54 Å². The number of amides is 1. The van der Waals surface area contributed by atoms with Crippen molar-refractivity contribution in [1.29, 1.82) is 0 Å². The van der Waals surface area contributed by atoms with Gasteiger partial charge in [-0.1, -0.05) is 31.5 Å². The van der Waals surface area contributed by atoms with E-state index >= 15 is 0 Å². The van der Waals surface area contributed by atoms with E-state index in [4.69, 9.17) is 16.3 Å². The Morgan fingerprint density at radius 1 is 1.26 bits per heavy atom. The zero-order valence-electron chi connectivity index (χ0n) is 18.0. The molecule has 10 heteroatoms. The molecule has 0 saturated heterocycles. The number of benzene rings is 1. The molecular weight excluding hydrogens is 422 g/mol. The average Bonchev–Trinajstić information content (AvgIpc) is 3.13. The highest BCUT2D eigenvalue weighted by Gasteiger charge is 2.20. The summed E-state index contributed by atoms with van der Waals surface area (Å²) >= 11 is 6.01. The molecule has 3 aromatic rings. The zero-order valence-corrected chi connectivity index (χ0v) is 18.8. The molecule has 1 aromatic carbocycles. The van der Waals surface area contributed by atoms with Gasteiger partial charge in [-0.25, -0.2) is 14.3 Å². The van der Waals surface area contributed by atoms with Crippen LogP contribution in [0.3, 0.4) is 0 Å². The molecule has 0 atom stereocenters. The number of nitrogens with one attached hydrogen (secondary N) is 1. The van der Waals surface area contributed by atoms with Crippen LogP contribution in [0.4, 0.5) is 5.69 Å². The molecule has 9 nitrogen and oxygen atoms in total. The van der Waals surface area contributed by atoms with Crippen molar-refractivity contribution in [3.63, 3.8) is 0 Å². The van der Waals surface area contributed by atoms with Crippen LogP contribution in [0.15, 0.2) is 34.1 Å². The van der Waals surface area contributed by atoms with E-state index in [2.05, 4.69) is 10.3 Å². The number of halogens is 1. The molecule has 2 aromatic heterocycles. The van der Waals surface area contributed by atoms with Crippen molar-refractivity contribution < 1.29 is 9.53 Å². The van der Waals surface area contributed by atoms with Crippen LogP contribution in [0.25, 0.3) is 11.2 Å². The Balaban J connectivity index is 2.06. The third kappa shape index (κ3) is 4.88. The summed E-state index contributed by atoms with van der Waals surface area (Å²) in [5.41, 5.74) is 0.786. The fourth-order valence-electron chi connectivity index (χ4n) is 3.33. The van der Waals surface area contributed by atoms with Crippen LogP contribution in [0.5, 0.6) is 0 Å². The van der Waals surface area contributed by atoms with Gasteiger partial charge in [0.2, 0.25) is 5.91 Å². The number of hydrogen-bond acceptors (Lipinski definition) is 5. The van der Waals surface area contributed by atoms with E-state index in [1.165, 1.54) is 10.9 Å². The monoisotopic (exact) mass is 447 g/mol. The maximum Gasteiger partial charge on any atom is 0.333 e. The van der Waals surface area contributed by atoms with E-state index < -0.39 is 23.7 Å². The van der Waals surface area contributed by atoms with Gasteiger partial charge in [0.25, 0.3) is 5.56 Å². The summed E-state index contributed by atoms with van der Waals surface area (Å²) < 4.78 is 9.15. The van der Waals surface area contributed by atoms with Gasteiger partial charge < -0.3 is 14.6 Å². The SMILES string of the molecule is COCCn1cnc2c1c(=O)n(CC(=O)Nc1cc(Cl)ccc1C)c(=O)n2CC(C)C. The minimum atomic E-state index is -0.568. The molecule has 3 rings (SSSR count). The molecule has 0 aliphatic heterocycles. The number of carbonyl (C=O) groups excluding carboxylic acids is 1. The van der Waals surface area contributed by atoms with Crippen LogP contribution in [0.2, 0.25) is 5.02 Å². The topological polar surface area (TPSA) is 100 Å². The first kappa shape index (κ1) is 22.8. The lowest BCUT2D eigenvalue weighted by Gasteiger charge is -2.14. The summed E-state index contributed by atoms with van der Waals surface area (Å²) in [6, 6.07) is 5.12. The molecule has 1 amide bonds. The number of aryl methyl sites for hydroxylation is 1. The van der Waals surface area contributed by atoms with Crippen LogP contribution >= 0.6 is 11.6 Å². The van der Waals surface area contributed by atoms with Crippen LogP contribution in [0.1, 0.15) is 19.4 Å². The second-order valence-electron chi connectivity index (χ2n) is 7.79. The molecule has 0 aliphatic carbocycles. The van der Waals surface area contributed by atoms with Gasteiger partial charge in [-0.15, -0.1) is 0 Å². The van der Waals surface area contributed by atoms with E-state index in [9.17, 15) is 14.4 Å². The first-order valence-electron chi connectivity index (χ1n) is 9.96. The number of methoxy groups -OCH3 is 1. The van der Waals surface area contributed by atoms with Crippen LogP contribution in [-0.2, 0) is 29.2 Å². The molecule has 0 aliphatic rings. The summed E-state index contributed by atoms with van der Waals surface area (Å²) in [4.78, 5) is 43.3. The van der Waals surface area contributed by atoms with E-state index in [1.807, 2.05) is 20.8 Å². The fourth-order valence-corrected chi connectivity index (χ4v) is 3.50. The Labute approximate surface area is 184 Å². The standard InChI is InChI=1S/C21H26ClN5O4/c1-13(2)10-26-19-18(25(12-23-19)7-8-31-4)20(29)27(21(26)30)11-17(28)24-16-9-15(22)6-5-14(16)3/h5-6,9,12-13H,7-8,10-11H2,1-4H3,(H,24,28). The van der Waals surface area contributed by atoms with Crippen molar-refractivity contribution in [1.82, 2.24) is 18.7 Å². The van der Waals surface area contributed by atoms with E-state index in [0.717, 1.165) is 10.1 Å². The molecule has 31 heavy (non-hydrogen) atoms. The zero-order chi connectivity index (χ0) is 22.7. The first-order valence-corrected chi connectivity index (χ1v) is 10.3. The van der Waals surface area contributed by atoms with E-state index in [1.54, 1.807) is 29.9 Å². The molecule has 0 unspecified atom stereocenters.